The molecule has 2 N–H and O–H groups in total. The Kier molecular flexibility index (Phi) is 7.30. The van der Waals surface area contributed by atoms with Gasteiger partial charge in [0.05, 0.1) is 6.61 Å². The standard InChI is InChI=1S/C27H33NO2/c1-26(2,21-29)28-19-18-27(3,23-14-8-5-9-15-23)24-16-10-11-17-25(24)30-20-22-12-6-4-7-13-22/h4-17,28-29H,18-21H2,1-3H3. The lowest BCUT2D eigenvalue weighted by Gasteiger charge is -2.34. The van der Waals surface area contributed by atoms with Crippen molar-refractivity contribution in [2.45, 2.75) is 44.8 Å². The summed E-state index contributed by atoms with van der Waals surface area (Å²) < 4.78 is 6.30. The van der Waals surface area contributed by atoms with Crippen LogP contribution in [0.2, 0.25) is 0 Å². The third-order valence-electron chi connectivity index (χ3n) is 5.75. The average molecular weight is 404 g/mol. The molecule has 3 aromatic rings. The van der Waals surface area contributed by atoms with Crippen molar-refractivity contribution in [2.75, 3.05) is 13.2 Å². The van der Waals surface area contributed by atoms with E-state index in [2.05, 4.69) is 72.9 Å². The first-order valence-corrected chi connectivity index (χ1v) is 10.6. The number of aliphatic hydroxyl groups is 1. The van der Waals surface area contributed by atoms with Gasteiger partial charge in [0.15, 0.2) is 0 Å². The minimum absolute atomic E-state index is 0.103. The van der Waals surface area contributed by atoms with Crippen molar-refractivity contribution >= 4 is 0 Å². The number of benzene rings is 3. The van der Waals surface area contributed by atoms with Crippen molar-refractivity contribution in [1.82, 2.24) is 5.32 Å². The fourth-order valence-electron chi connectivity index (χ4n) is 3.73. The van der Waals surface area contributed by atoms with Crippen LogP contribution in [0.1, 0.15) is 43.9 Å². The summed E-state index contributed by atoms with van der Waals surface area (Å²) >= 11 is 0. The summed E-state index contributed by atoms with van der Waals surface area (Å²) in [4.78, 5) is 0. The second kappa shape index (κ2) is 9.92. The summed E-state index contributed by atoms with van der Waals surface area (Å²) in [5.74, 6) is 0.911. The van der Waals surface area contributed by atoms with Crippen LogP contribution in [-0.2, 0) is 12.0 Å². The van der Waals surface area contributed by atoms with Crippen LogP contribution in [0.25, 0.3) is 0 Å². The smallest absolute Gasteiger partial charge is 0.123 e. The van der Waals surface area contributed by atoms with Gasteiger partial charge < -0.3 is 15.2 Å². The van der Waals surface area contributed by atoms with Crippen molar-refractivity contribution in [2.24, 2.45) is 0 Å². The van der Waals surface area contributed by atoms with Gasteiger partial charge in [-0.15, -0.1) is 0 Å². The summed E-state index contributed by atoms with van der Waals surface area (Å²) in [5, 5.41) is 13.1. The molecule has 3 nitrogen and oxygen atoms in total. The summed E-state index contributed by atoms with van der Waals surface area (Å²) in [6, 6.07) is 29.2. The van der Waals surface area contributed by atoms with Crippen LogP contribution in [0.3, 0.4) is 0 Å². The number of para-hydroxylation sites is 1. The maximum atomic E-state index is 9.60. The molecule has 0 aromatic heterocycles. The van der Waals surface area contributed by atoms with Gasteiger partial charge in [0.1, 0.15) is 12.4 Å². The fraction of sp³-hybridized carbons (Fsp3) is 0.333. The Morgan fingerprint density at radius 1 is 0.800 bits per heavy atom. The summed E-state index contributed by atoms with van der Waals surface area (Å²) in [7, 11) is 0. The Labute approximate surface area is 180 Å². The van der Waals surface area contributed by atoms with Crippen LogP contribution < -0.4 is 10.1 Å². The van der Waals surface area contributed by atoms with Crippen molar-refractivity contribution in [1.29, 1.82) is 0 Å². The molecule has 0 radical (unpaired) electrons. The average Bonchev–Trinajstić information content (AvgIpc) is 2.79. The first-order valence-electron chi connectivity index (χ1n) is 10.6. The van der Waals surface area contributed by atoms with Crippen molar-refractivity contribution in [3.05, 3.63) is 102 Å². The quantitative estimate of drug-likeness (QED) is 0.481. The van der Waals surface area contributed by atoms with Crippen LogP contribution in [0.15, 0.2) is 84.9 Å². The van der Waals surface area contributed by atoms with Gasteiger partial charge >= 0.3 is 0 Å². The number of nitrogens with one attached hydrogen (secondary N) is 1. The SMILES string of the molecule is CC(C)(CO)NCCC(C)(c1ccccc1)c1ccccc1OCc1ccccc1. The van der Waals surface area contributed by atoms with E-state index < -0.39 is 0 Å². The molecule has 0 fully saturated rings. The highest BCUT2D eigenvalue weighted by atomic mass is 16.5. The molecule has 0 aliphatic heterocycles. The first kappa shape index (κ1) is 22.1. The van der Waals surface area contributed by atoms with E-state index in [4.69, 9.17) is 4.74 Å². The van der Waals surface area contributed by atoms with E-state index in [-0.39, 0.29) is 17.6 Å². The van der Waals surface area contributed by atoms with Gasteiger partial charge in [-0.1, -0.05) is 85.8 Å². The van der Waals surface area contributed by atoms with Crippen LogP contribution >= 0.6 is 0 Å². The predicted molar refractivity (Wildman–Crippen MR) is 124 cm³/mol. The highest BCUT2D eigenvalue weighted by Crippen LogP contribution is 2.40. The number of ether oxygens (including phenoxy) is 1. The largest absolute Gasteiger partial charge is 0.489 e. The maximum Gasteiger partial charge on any atom is 0.123 e. The third-order valence-corrected chi connectivity index (χ3v) is 5.75. The van der Waals surface area contributed by atoms with Gasteiger partial charge in [-0.05, 0) is 44.0 Å². The van der Waals surface area contributed by atoms with E-state index in [0.29, 0.717) is 6.61 Å². The molecule has 30 heavy (non-hydrogen) atoms. The monoisotopic (exact) mass is 403 g/mol. The lowest BCUT2D eigenvalue weighted by molar-refractivity contribution is 0.186. The minimum atomic E-state index is -0.305. The first-order chi connectivity index (χ1) is 14.4. The molecule has 0 aliphatic carbocycles. The molecule has 3 heteroatoms. The van der Waals surface area contributed by atoms with Gasteiger partial charge in [-0.25, -0.2) is 0 Å². The predicted octanol–water partition coefficient (Wildman–Crippen LogP) is 5.32. The van der Waals surface area contributed by atoms with Crippen molar-refractivity contribution in [3.8, 4) is 5.75 Å². The molecular formula is C27H33NO2. The Morgan fingerprint density at radius 3 is 2.07 bits per heavy atom. The molecule has 1 atom stereocenters. The summed E-state index contributed by atoms with van der Waals surface area (Å²) in [6.45, 7) is 7.74. The van der Waals surface area contributed by atoms with Crippen molar-refractivity contribution in [3.63, 3.8) is 0 Å². The summed E-state index contributed by atoms with van der Waals surface area (Å²) in [6.07, 6.45) is 0.881. The molecule has 0 bridgehead atoms. The molecular weight excluding hydrogens is 370 g/mol. The van der Waals surface area contributed by atoms with Gasteiger partial charge in [0.2, 0.25) is 0 Å². The van der Waals surface area contributed by atoms with Gasteiger partial charge in [0, 0.05) is 16.5 Å². The van der Waals surface area contributed by atoms with Crippen molar-refractivity contribution < 1.29 is 9.84 Å². The van der Waals surface area contributed by atoms with E-state index >= 15 is 0 Å². The van der Waals surface area contributed by atoms with E-state index in [1.807, 2.05) is 38.1 Å². The maximum absolute atomic E-state index is 9.60. The van der Waals surface area contributed by atoms with Gasteiger partial charge in [0.25, 0.3) is 0 Å². The highest BCUT2D eigenvalue weighted by Gasteiger charge is 2.32. The second-order valence-corrected chi connectivity index (χ2v) is 8.69. The summed E-state index contributed by atoms with van der Waals surface area (Å²) in [5.41, 5.74) is 3.05. The zero-order valence-electron chi connectivity index (χ0n) is 18.3. The van der Waals surface area contributed by atoms with Crippen LogP contribution in [-0.4, -0.2) is 23.8 Å². The molecule has 0 spiro atoms. The van der Waals surface area contributed by atoms with Crippen LogP contribution in [0.5, 0.6) is 5.75 Å². The van der Waals surface area contributed by atoms with E-state index in [9.17, 15) is 5.11 Å². The topological polar surface area (TPSA) is 41.5 Å². The Bertz CT molecular complexity index is 908. The molecule has 158 valence electrons. The number of aliphatic hydroxyl groups excluding tert-OH is 1. The molecule has 3 aromatic carbocycles. The number of hydrogen-bond donors (Lipinski definition) is 2. The molecule has 0 heterocycles. The van der Waals surface area contributed by atoms with Crippen LogP contribution in [0, 0.1) is 0 Å². The lowest BCUT2D eigenvalue weighted by atomic mass is 9.73. The molecule has 1 unspecified atom stereocenters. The van der Waals surface area contributed by atoms with E-state index in [0.717, 1.165) is 24.3 Å². The minimum Gasteiger partial charge on any atom is -0.489 e. The van der Waals surface area contributed by atoms with Crippen LogP contribution in [0.4, 0.5) is 0 Å². The molecule has 0 aliphatic rings. The normalized spacial score (nSPS) is 13.6. The zero-order valence-corrected chi connectivity index (χ0v) is 18.3. The Balaban J connectivity index is 1.90. The van der Waals surface area contributed by atoms with E-state index in [1.54, 1.807) is 0 Å². The third kappa shape index (κ3) is 5.50. The number of rotatable bonds is 10. The molecule has 0 amide bonds. The highest BCUT2D eigenvalue weighted by molar-refractivity contribution is 5.46. The van der Waals surface area contributed by atoms with E-state index in [1.165, 1.54) is 11.1 Å². The molecule has 0 saturated carbocycles. The molecule has 0 saturated heterocycles. The molecule has 3 rings (SSSR count). The fourth-order valence-corrected chi connectivity index (χ4v) is 3.73. The number of hydrogen-bond acceptors (Lipinski definition) is 3. The van der Waals surface area contributed by atoms with Gasteiger partial charge in [-0.2, -0.15) is 0 Å². The Hall–Kier alpha value is -2.62. The zero-order chi connectivity index (χ0) is 21.5. The lowest BCUT2D eigenvalue weighted by Crippen LogP contribution is -2.44. The van der Waals surface area contributed by atoms with Gasteiger partial charge in [-0.3, -0.25) is 0 Å². The Morgan fingerprint density at radius 2 is 1.40 bits per heavy atom. The second-order valence-electron chi connectivity index (χ2n) is 8.69.